The predicted molar refractivity (Wildman–Crippen MR) is 48.2 cm³/mol. The molecule has 0 saturated carbocycles. The van der Waals surface area contributed by atoms with E-state index < -0.39 is 0 Å². The van der Waals surface area contributed by atoms with Crippen molar-refractivity contribution >= 4 is 5.69 Å². The van der Waals surface area contributed by atoms with Crippen molar-refractivity contribution in [1.29, 1.82) is 0 Å². The van der Waals surface area contributed by atoms with E-state index in [0.29, 0.717) is 11.4 Å². The van der Waals surface area contributed by atoms with Gasteiger partial charge in [0.25, 0.3) is 0 Å². The van der Waals surface area contributed by atoms with Gasteiger partial charge in [-0.3, -0.25) is 0 Å². The molecule has 0 heterocycles. The molecule has 1 rings (SSSR count). The molecule has 0 saturated heterocycles. The maximum atomic E-state index is 8.51. The summed E-state index contributed by atoms with van der Waals surface area (Å²) in [6.45, 7) is 2.26. The molecule has 0 fully saturated rings. The average molecular weight is 167 g/mol. The summed E-state index contributed by atoms with van der Waals surface area (Å²) in [5.41, 5.74) is 7.37. The second-order valence-electron chi connectivity index (χ2n) is 2.61. The van der Waals surface area contributed by atoms with Gasteiger partial charge in [0.2, 0.25) is 0 Å². The summed E-state index contributed by atoms with van der Waals surface area (Å²) in [5.74, 6) is 0.634. The fourth-order valence-electron chi connectivity index (χ4n) is 0.955. The van der Waals surface area contributed by atoms with Crippen LogP contribution in [-0.4, -0.2) is 18.3 Å². The van der Waals surface area contributed by atoms with Gasteiger partial charge in [0, 0.05) is 0 Å². The van der Waals surface area contributed by atoms with Gasteiger partial charge in [-0.1, -0.05) is 6.07 Å². The zero-order chi connectivity index (χ0) is 8.97. The number of rotatable bonds is 3. The molecule has 0 amide bonds. The van der Waals surface area contributed by atoms with Crippen LogP contribution in [0.1, 0.15) is 5.56 Å². The van der Waals surface area contributed by atoms with Crippen molar-refractivity contribution in [3.05, 3.63) is 23.8 Å². The molecule has 0 spiro atoms. The molecule has 1 aromatic rings. The van der Waals surface area contributed by atoms with Gasteiger partial charge < -0.3 is 15.6 Å². The standard InChI is InChI=1S/C9H13NO2/c1-7-2-3-9(8(10)6-7)12-5-4-11/h2-3,6,11H,4-5,10H2,1H3. The number of hydrogen-bond donors (Lipinski definition) is 2. The first kappa shape index (κ1) is 8.87. The third kappa shape index (κ3) is 2.13. The average Bonchev–Trinajstić information content (AvgIpc) is 2.03. The molecule has 3 nitrogen and oxygen atoms in total. The van der Waals surface area contributed by atoms with Gasteiger partial charge in [0.05, 0.1) is 12.3 Å². The topological polar surface area (TPSA) is 55.5 Å². The van der Waals surface area contributed by atoms with Crippen molar-refractivity contribution in [2.75, 3.05) is 18.9 Å². The Morgan fingerprint density at radius 3 is 2.83 bits per heavy atom. The van der Waals surface area contributed by atoms with Crippen molar-refractivity contribution in [3.63, 3.8) is 0 Å². The number of aryl methyl sites for hydroxylation is 1. The molecule has 12 heavy (non-hydrogen) atoms. The van der Waals surface area contributed by atoms with E-state index >= 15 is 0 Å². The minimum Gasteiger partial charge on any atom is -0.489 e. The van der Waals surface area contributed by atoms with Gasteiger partial charge in [0.15, 0.2) is 0 Å². The molecule has 0 aliphatic rings. The first-order valence-electron chi connectivity index (χ1n) is 3.84. The molecule has 0 aromatic heterocycles. The maximum Gasteiger partial charge on any atom is 0.142 e. The van der Waals surface area contributed by atoms with E-state index in [4.69, 9.17) is 15.6 Å². The zero-order valence-corrected chi connectivity index (χ0v) is 7.08. The molecule has 0 aliphatic carbocycles. The Labute approximate surface area is 71.8 Å². The predicted octanol–water partition coefficient (Wildman–Crippen LogP) is 0.948. The number of aliphatic hydroxyl groups excluding tert-OH is 1. The lowest BCUT2D eigenvalue weighted by Gasteiger charge is -2.07. The Morgan fingerprint density at radius 1 is 1.50 bits per heavy atom. The van der Waals surface area contributed by atoms with E-state index in [1.807, 2.05) is 19.1 Å². The molecular weight excluding hydrogens is 154 g/mol. The fourth-order valence-corrected chi connectivity index (χ4v) is 0.955. The number of aliphatic hydroxyl groups is 1. The minimum atomic E-state index is 0.00726. The van der Waals surface area contributed by atoms with Crippen molar-refractivity contribution in [2.45, 2.75) is 6.92 Å². The van der Waals surface area contributed by atoms with Crippen LogP contribution < -0.4 is 10.5 Å². The van der Waals surface area contributed by atoms with Crippen molar-refractivity contribution < 1.29 is 9.84 Å². The van der Waals surface area contributed by atoms with Gasteiger partial charge in [-0.25, -0.2) is 0 Å². The third-order valence-electron chi connectivity index (χ3n) is 1.51. The molecule has 0 aliphatic heterocycles. The second-order valence-corrected chi connectivity index (χ2v) is 2.61. The van der Waals surface area contributed by atoms with Gasteiger partial charge in [0.1, 0.15) is 12.4 Å². The quantitative estimate of drug-likeness (QED) is 0.659. The molecular formula is C9H13NO2. The highest BCUT2D eigenvalue weighted by molar-refractivity contribution is 5.53. The van der Waals surface area contributed by atoms with Crippen LogP contribution in [0.15, 0.2) is 18.2 Å². The van der Waals surface area contributed by atoms with E-state index in [0.717, 1.165) is 5.56 Å². The largest absolute Gasteiger partial charge is 0.489 e. The van der Waals surface area contributed by atoms with Crippen LogP contribution in [0.3, 0.4) is 0 Å². The summed E-state index contributed by atoms with van der Waals surface area (Å²) in [7, 11) is 0. The van der Waals surface area contributed by atoms with Crippen LogP contribution in [-0.2, 0) is 0 Å². The molecule has 0 unspecified atom stereocenters. The van der Waals surface area contributed by atoms with Crippen LogP contribution in [0.25, 0.3) is 0 Å². The maximum absolute atomic E-state index is 8.51. The number of ether oxygens (including phenoxy) is 1. The van der Waals surface area contributed by atoms with Crippen LogP contribution in [0.5, 0.6) is 5.75 Å². The van der Waals surface area contributed by atoms with Crippen LogP contribution in [0.4, 0.5) is 5.69 Å². The van der Waals surface area contributed by atoms with E-state index in [9.17, 15) is 0 Å². The van der Waals surface area contributed by atoms with Gasteiger partial charge in [-0.05, 0) is 24.6 Å². The Bertz CT molecular complexity index is 261. The third-order valence-corrected chi connectivity index (χ3v) is 1.51. The monoisotopic (exact) mass is 167 g/mol. The highest BCUT2D eigenvalue weighted by Crippen LogP contribution is 2.21. The first-order valence-corrected chi connectivity index (χ1v) is 3.84. The van der Waals surface area contributed by atoms with E-state index in [1.165, 1.54) is 0 Å². The highest BCUT2D eigenvalue weighted by Gasteiger charge is 1.98. The summed E-state index contributed by atoms with van der Waals surface area (Å²) in [4.78, 5) is 0. The van der Waals surface area contributed by atoms with Crippen molar-refractivity contribution in [2.24, 2.45) is 0 Å². The molecule has 66 valence electrons. The Kier molecular flexibility index (Phi) is 2.94. The summed E-state index contributed by atoms with van der Waals surface area (Å²) in [5, 5.41) is 8.51. The number of anilines is 1. The van der Waals surface area contributed by atoms with E-state index in [1.54, 1.807) is 6.07 Å². The van der Waals surface area contributed by atoms with Crippen LogP contribution in [0, 0.1) is 6.92 Å². The SMILES string of the molecule is Cc1ccc(OCCO)c(N)c1. The Hall–Kier alpha value is -1.22. The van der Waals surface area contributed by atoms with Gasteiger partial charge >= 0.3 is 0 Å². The molecule has 0 bridgehead atoms. The highest BCUT2D eigenvalue weighted by atomic mass is 16.5. The summed E-state index contributed by atoms with van der Waals surface area (Å²) >= 11 is 0. The lowest BCUT2D eigenvalue weighted by atomic mass is 10.2. The summed E-state index contributed by atoms with van der Waals surface area (Å²) in [6.07, 6.45) is 0. The zero-order valence-electron chi connectivity index (χ0n) is 7.08. The van der Waals surface area contributed by atoms with Gasteiger partial charge in [-0.15, -0.1) is 0 Å². The smallest absolute Gasteiger partial charge is 0.142 e. The van der Waals surface area contributed by atoms with Crippen LogP contribution >= 0.6 is 0 Å². The molecule has 0 radical (unpaired) electrons. The van der Waals surface area contributed by atoms with Gasteiger partial charge in [-0.2, -0.15) is 0 Å². The number of hydrogen-bond acceptors (Lipinski definition) is 3. The molecule has 0 atom stereocenters. The Morgan fingerprint density at radius 2 is 2.25 bits per heavy atom. The minimum absolute atomic E-state index is 0.00726. The van der Waals surface area contributed by atoms with Crippen LogP contribution in [0.2, 0.25) is 0 Å². The Balaban J connectivity index is 2.72. The lowest BCUT2D eigenvalue weighted by Crippen LogP contribution is -2.03. The molecule has 3 N–H and O–H groups in total. The number of nitrogen functional groups attached to an aromatic ring is 1. The second kappa shape index (κ2) is 3.97. The number of benzene rings is 1. The molecule has 3 heteroatoms. The summed E-state index contributed by atoms with van der Waals surface area (Å²) in [6, 6.07) is 5.57. The van der Waals surface area contributed by atoms with E-state index in [-0.39, 0.29) is 13.2 Å². The van der Waals surface area contributed by atoms with Crippen molar-refractivity contribution in [1.82, 2.24) is 0 Å². The first-order chi connectivity index (χ1) is 5.74. The van der Waals surface area contributed by atoms with E-state index in [2.05, 4.69) is 0 Å². The fraction of sp³-hybridized carbons (Fsp3) is 0.333. The number of nitrogens with two attached hydrogens (primary N) is 1. The molecule has 1 aromatic carbocycles. The van der Waals surface area contributed by atoms with Crippen molar-refractivity contribution in [3.8, 4) is 5.75 Å². The summed E-state index contributed by atoms with van der Waals surface area (Å²) < 4.78 is 5.17. The normalized spacial score (nSPS) is 9.83. The lowest BCUT2D eigenvalue weighted by molar-refractivity contribution is 0.202.